The third-order valence-electron chi connectivity index (χ3n) is 7.28. The Hall–Kier alpha value is -4.49. The number of hydrogen-bond donors (Lipinski definition) is 3. The van der Waals surface area contributed by atoms with Gasteiger partial charge < -0.3 is 20.9 Å². The highest BCUT2D eigenvalue weighted by atomic mass is 16.2. The maximum absolute atomic E-state index is 13.4. The lowest BCUT2D eigenvalue weighted by molar-refractivity contribution is -0.118. The summed E-state index contributed by atoms with van der Waals surface area (Å²) in [6, 6.07) is 28.4. The second-order valence-electron chi connectivity index (χ2n) is 9.88. The van der Waals surface area contributed by atoms with Crippen LogP contribution in [-0.2, 0) is 31.2 Å². The summed E-state index contributed by atoms with van der Waals surface area (Å²) in [4.78, 5) is 20.2. The van der Waals surface area contributed by atoms with Gasteiger partial charge in [-0.25, -0.2) is 4.98 Å². The zero-order valence-corrected chi connectivity index (χ0v) is 22.2. The van der Waals surface area contributed by atoms with Crippen molar-refractivity contribution < 1.29 is 4.79 Å². The molecule has 7 nitrogen and oxygen atoms in total. The molecule has 0 aliphatic carbocycles. The predicted molar refractivity (Wildman–Crippen MR) is 159 cm³/mol. The molecule has 1 heterocycles. The van der Waals surface area contributed by atoms with E-state index in [1.54, 1.807) is 0 Å². The van der Waals surface area contributed by atoms with Crippen LogP contribution in [0.2, 0.25) is 0 Å². The maximum Gasteiger partial charge on any atom is 0.227 e. The number of aromatic nitrogens is 2. The number of carbonyl (C=O) groups is 1. The van der Waals surface area contributed by atoms with E-state index in [-0.39, 0.29) is 11.7 Å². The number of anilines is 1. The molecule has 0 atom stereocenters. The molecule has 0 spiro atoms. The van der Waals surface area contributed by atoms with Crippen LogP contribution in [0.5, 0.6) is 0 Å². The minimum atomic E-state index is 0.0536. The molecule has 0 unspecified atom stereocenters. The number of nitrogens with zero attached hydrogens (tertiary/aromatic N) is 3. The highest BCUT2D eigenvalue weighted by Crippen LogP contribution is 2.27. The van der Waals surface area contributed by atoms with Gasteiger partial charge in [-0.3, -0.25) is 10.2 Å². The van der Waals surface area contributed by atoms with Crippen LogP contribution in [0.15, 0.2) is 84.9 Å². The van der Waals surface area contributed by atoms with Crippen LogP contribution in [0.25, 0.3) is 21.8 Å². The fraction of sp³-hybridized carbons (Fsp3) is 0.219. The number of nitrogen functional groups attached to an aromatic ring is 1. The van der Waals surface area contributed by atoms with Gasteiger partial charge in [0.15, 0.2) is 0 Å². The molecule has 198 valence electrons. The first-order chi connectivity index (χ1) is 18.9. The van der Waals surface area contributed by atoms with Crippen molar-refractivity contribution >= 4 is 39.2 Å². The third kappa shape index (κ3) is 5.68. The Morgan fingerprint density at radius 1 is 0.974 bits per heavy atom. The average molecular weight is 519 g/mol. The van der Waals surface area contributed by atoms with Crippen molar-refractivity contribution in [3.63, 3.8) is 0 Å². The number of fused-ring (bicyclic) bond motifs is 2. The number of aryl methyl sites for hydroxylation is 3. The number of nitrogens with one attached hydrogen (secondary N) is 1. The van der Waals surface area contributed by atoms with E-state index in [0.717, 1.165) is 57.3 Å². The number of nitrogens with two attached hydrogens (primary N) is 2. The average Bonchev–Trinajstić information content (AvgIpc) is 3.28. The first-order valence-corrected chi connectivity index (χ1v) is 13.3. The van der Waals surface area contributed by atoms with E-state index in [2.05, 4.69) is 34.9 Å². The van der Waals surface area contributed by atoms with Crippen molar-refractivity contribution in [3.05, 3.63) is 107 Å². The van der Waals surface area contributed by atoms with Crippen LogP contribution in [0.4, 0.5) is 5.69 Å². The molecule has 0 saturated heterocycles. The molecule has 0 saturated carbocycles. The molecule has 0 aliphatic heterocycles. The molecular formula is C32H34N6O. The van der Waals surface area contributed by atoms with E-state index in [9.17, 15) is 4.79 Å². The maximum atomic E-state index is 13.4. The molecule has 0 bridgehead atoms. The van der Waals surface area contributed by atoms with Gasteiger partial charge >= 0.3 is 0 Å². The third-order valence-corrected chi connectivity index (χ3v) is 7.28. The van der Waals surface area contributed by atoms with Crippen molar-refractivity contribution in [1.82, 2.24) is 9.55 Å². The van der Waals surface area contributed by atoms with Gasteiger partial charge in [-0.2, -0.15) is 0 Å². The summed E-state index contributed by atoms with van der Waals surface area (Å²) in [5.41, 5.74) is 17.0. The van der Waals surface area contributed by atoms with Gasteiger partial charge in [0.1, 0.15) is 11.7 Å². The minimum absolute atomic E-state index is 0.0536. The van der Waals surface area contributed by atoms with Crippen molar-refractivity contribution in [2.75, 3.05) is 11.4 Å². The van der Waals surface area contributed by atoms with Gasteiger partial charge in [-0.1, -0.05) is 66.7 Å². The van der Waals surface area contributed by atoms with Crippen LogP contribution in [-0.4, -0.2) is 27.8 Å². The second kappa shape index (κ2) is 11.5. The number of amides is 1. The molecule has 5 aromatic rings. The standard InChI is InChI=1S/C32H34N6O/c1-37-29-17-16-26(20-28(29)36-30(37)18-13-22-11-14-24(15-12-22)32(34)35)38(31(39)10-5-19-33)21-25-8-4-7-23-6-2-3-9-27(23)25/h2-4,6-9,11-12,14-17,20H,5,10,13,18-19,21,33H2,1H3,(H3,34,35). The lowest BCUT2D eigenvalue weighted by Gasteiger charge is -2.24. The van der Waals surface area contributed by atoms with Crippen molar-refractivity contribution in [2.45, 2.75) is 32.2 Å². The Balaban J connectivity index is 1.43. The summed E-state index contributed by atoms with van der Waals surface area (Å²) in [6.45, 7) is 0.959. The molecule has 39 heavy (non-hydrogen) atoms. The monoisotopic (exact) mass is 518 g/mol. The Morgan fingerprint density at radius 3 is 2.51 bits per heavy atom. The van der Waals surface area contributed by atoms with E-state index in [1.165, 1.54) is 5.56 Å². The molecule has 0 radical (unpaired) electrons. The highest BCUT2D eigenvalue weighted by Gasteiger charge is 2.19. The van der Waals surface area contributed by atoms with Gasteiger partial charge in [0.25, 0.3) is 0 Å². The number of imidazole rings is 1. The number of benzene rings is 4. The zero-order chi connectivity index (χ0) is 27.4. The van der Waals surface area contributed by atoms with E-state index in [1.807, 2.05) is 66.5 Å². The van der Waals surface area contributed by atoms with Gasteiger partial charge in [0.2, 0.25) is 5.91 Å². The summed E-state index contributed by atoms with van der Waals surface area (Å²) < 4.78 is 2.12. The first-order valence-electron chi connectivity index (χ1n) is 13.3. The number of hydrogen-bond acceptors (Lipinski definition) is 4. The predicted octanol–water partition coefficient (Wildman–Crippen LogP) is 5.07. The fourth-order valence-electron chi connectivity index (χ4n) is 5.05. The van der Waals surface area contributed by atoms with Crippen molar-refractivity contribution in [3.8, 4) is 0 Å². The molecule has 0 aliphatic rings. The topological polar surface area (TPSA) is 114 Å². The molecule has 1 aromatic heterocycles. The quantitative estimate of drug-likeness (QED) is 0.177. The molecule has 1 amide bonds. The summed E-state index contributed by atoms with van der Waals surface area (Å²) in [5, 5.41) is 9.88. The summed E-state index contributed by atoms with van der Waals surface area (Å²) in [7, 11) is 2.03. The van der Waals surface area contributed by atoms with Gasteiger partial charge in [0, 0.05) is 31.1 Å². The Labute approximate surface area is 228 Å². The van der Waals surface area contributed by atoms with E-state index < -0.39 is 0 Å². The molecule has 7 heteroatoms. The van der Waals surface area contributed by atoms with Crippen LogP contribution in [0.1, 0.15) is 35.4 Å². The normalized spacial score (nSPS) is 11.2. The lowest BCUT2D eigenvalue weighted by atomic mass is 10.0. The van der Waals surface area contributed by atoms with Gasteiger partial charge in [-0.05, 0) is 59.5 Å². The lowest BCUT2D eigenvalue weighted by Crippen LogP contribution is -2.30. The van der Waals surface area contributed by atoms with Crippen molar-refractivity contribution in [1.29, 1.82) is 5.41 Å². The molecule has 4 aromatic carbocycles. The molecule has 0 fully saturated rings. The number of carbonyl (C=O) groups excluding carboxylic acids is 1. The largest absolute Gasteiger partial charge is 0.384 e. The van der Waals surface area contributed by atoms with Crippen LogP contribution in [0, 0.1) is 5.41 Å². The Morgan fingerprint density at radius 2 is 1.74 bits per heavy atom. The number of amidine groups is 1. The van der Waals surface area contributed by atoms with E-state index in [4.69, 9.17) is 21.9 Å². The summed E-state index contributed by atoms with van der Waals surface area (Å²) >= 11 is 0. The summed E-state index contributed by atoms with van der Waals surface area (Å²) in [5.74, 6) is 1.11. The fourth-order valence-corrected chi connectivity index (χ4v) is 5.05. The minimum Gasteiger partial charge on any atom is -0.384 e. The SMILES string of the molecule is Cn1c(CCc2ccc(C(=N)N)cc2)nc2cc(N(Cc3cccc4ccccc34)C(=O)CCCN)ccc21. The molecule has 5 N–H and O–H groups in total. The first kappa shape index (κ1) is 26.1. The Bertz CT molecular complexity index is 1630. The van der Waals surface area contributed by atoms with E-state index >= 15 is 0 Å². The smallest absolute Gasteiger partial charge is 0.227 e. The number of rotatable bonds is 10. The van der Waals surface area contributed by atoms with Crippen LogP contribution >= 0.6 is 0 Å². The van der Waals surface area contributed by atoms with E-state index in [0.29, 0.717) is 25.9 Å². The van der Waals surface area contributed by atoms with Crippen molar-refractivity contribution in [2.24, 2.45) is 18.5 Å². The Kier molecular flexibility index (Phi) is 7.70. The summed E-state index contributed by atoms with van der Waals surface area (Å²) in [6.07, 6.45) is 2.64. The van der Waals surface area contributed by atoms with Gasteiger partial charge in [0.05, 0.1) is 17.6 Å². The molecule has 5 rings (SSSR count). The second-order valence-corrected chi connectivity index (χ2v) is 9.88. The highest BCUT2D eigenvalue weighted by molar-refractivity contribution is 5.96. The molecular weight excluding hydrogens is 484 g/mol. The van der Waals surface area contributed by atoms with Crippen LogP contribution < -0.4 is 16.4 Å². The zero-order valence-electron chi connectivity index (χ0n) is 22.2. The van der Waals surface area contributed by atoms with Crippen LogP contribution in [0.3, 0.4) is 0 Å². The van der Waals surface area contributed by atoms with Gasteiger partial charge in [-0.15, -0.1) is 0 Å².